The van der Waals surface area contributed by atoms with Gasteiger partial charge in [0.25, 0.3) is 0 Å². The zero-order valence-corrected chi connectivity index (χ0v) is 12.4. The lowest BCUT2D eigenvalue weighted by Crippen LogP contribution is -2.35. The Bertz CT molecular complexity index is 381. The second-order valence-electron chi connectivity index (χ2n) is 5.86. The number of hydrogen-bond acceptors (Lipinski definition) is 2. The van der Waals surface area contributed by atoms with Gasteiger partial charge in [-0.05, 0) is 56.2 Å². The summed E-state index contributed by atoms with van der Waals surface area (Å²) in [4.78, 5) is 2.50. The lowest BCUT2D eigenvalue weighted by Gasteiger charge is -2.36. The molecule has 0 atom stereocenters. The molecule has 0 unspecified atom stereocenters. The molecule has 1 aromatic carbocycles. The number of anilines is 1. The van der Waals surface area contributed by atoms with Crippen LogP contribution in [0.1, 0.15) is 44.6 Å². The van der Waals surface area contributed by atoms with Crippen LogP contribution in [0.4, 0.5) is 5.69 Å². The molecule has 0 aromatic heterocycles. The molecule has 2 heteroatoms. The number of hydrogen-bond donors (Lipinski definition) is 1. The number of benzene rings is 1. The Morgan fingerprint density at radius 1 is 1.16 bits per heavy atom. The molecule has 19 heavy (non-hydrogen) atoms. The Morgan fingerprint density at radius 2 is 1.84 bits per heavy atom. The highest BCUT2D eigenvalue weighted by atomic mass is 15.1. The first kappa shape index (κ1) is 14.4. The third-order valence-electron chi connectivity index (χ3n) is 4.73. The van der Waals surface area contributed by atoms with Crippen LogP contribution >= 0.6 is 0 Å². The van der Waals surface area contributed by atoms with Crippen molar-refractivity contribution in [1.82, 2.24) is 0 Å². The van der Waals surface area contributed by atoms with Crippen LogP contribution in [0.5, 0.6) is 0 Å². The molecule has 1 aliphatic rings. The van der Waals surface area contributed by atoms with E-state index in [-0.39, 0.29) is 0 Å². The quantitative estimate of drug-likeness (QED) is 0.876. The first-order valence-electron chi connectivity index (χ1n) is 7.77. The van der Waals surface area contributed by atoms with Gasteiger partial charge in [-0.1, -0.05) is 31.5 Å². The Balaban J connectivity index is 2.05. The van der Waals surface area contributed by atoms with Gasteiger partial charge in [-0.15, -0.1) is 0 Å². The predicted molar refractivity (Wildman–Crippen MR) is 83.6 cm³/mol. The van der Waals surface area contributed by atoms with Crippen LogP contribution in [0.3, 0.4) is 0 Å². The first-order valence-corrected chi connectivity index (χ1v) is 7.77. The van der Waals surface area contributed by atoms with Gasteiger partial charge in [0, 0.05) is 18.8 Å². The summed E-state index contributed by atoms with van der Waals surface area (Å²) in [6.45, 7) is 3.05. The zero-order valence-electron chi connectivity index (χ0n) is 12.4. The van der Waals surface area contributed by atoms with Crippen molar-refractivity contribution >= 4 is 5.69 Å². The van der Waals surface area contributed by atoms with Crippen molar-refractivity contribution in [1.29, 1.82) is 0 Å². The Hall–Kier alpha value is -1.02. The maximum atomic E-state index is 5.73. The molecule has 0 radical (unpaired) electrons. The second-order valence-corrected chi connectivity index (χ2v) is 5.86. The van der Waals surface area contributed by atoms with E-state index < -0.39 is 0 Å². The molecule has 1 aromatic rings. The normalized spacial score (nSPS) is 23.3. The molecule has 1 saturated carbocycles. The molecule has 0 amide bonds. The van der Waals surface area contributed by atoms with E-state index in [0.29, 0.717) is 6.04 Å². The van der Waals surface area contributed by atoms with Crippen molar-refractivity contribution in [3.63, 3.8) is 0 Å². The van der Waals surface area contributed by atoms with Gasteiger partial charge in [-0.2, -0.15) is 0 Å². The molecule has 106 valence electrons. The summed E-state index contributed by atoms with van der Waals surface area (Å²) in [5.41, 5.74) is 8.50. The summed E-state index contributed by atoms with van der Waals surface area (Å²) in [6, 6.07) is 9.44. The van der Waals surface area contributed by atoms with Gasteiger partial charge >= 0.3 is 0 Å². The first-order chi connectivity index (χ1) is 9.26. The highest BCUT2D eigenvalue weighted by Gasteiger charge is 2.24. The monoisotopic (exact) mass is 260 g/mol. The average Bonchev–Trinajstić information content (AvgIpc) is 2.47. The fourth-order valence-corrected chi connectivity index (χ4v) is 3.36. The van der Waals surface area contributed by atoms with Gasteiger partial charge in [0.15, 0.2) is 0 Å². The lowest BCUT2D eigenvalue weighted by atomic mass is 9.84. The van der Waals surface area contributed by atoms with Gasteiger partial charge in [0.2, 0.25) is 0 Å². The molecule has 2 nitrogen and oxygen atoms in total. The minimum atomic E-state index is 0.710. The summed E-state index contributed by atoms with van der Waals surface area (Å²) in [7, 11) is 2.26. The SMILES string of the molecule is CCC1CCC(N(C)c2ccccc2CCN)CC1. The lowest BCUT2D eigenvalue weighted by molar-refractivity contribution is 0.313. The Morgan fingerprint density at radius 3 is 2.47 bits per heavy atom. The van der Waals surface area contributed by atoms with E-state index in [1.165, 1.54) is 43.4 Å². The molecule has 0 saturated heterocycles. The molecular weight excluding hydrogens is 232 g/mol. The van der Waals surface area contributed by atoms with Crippen molar-refractivity contribution in [3.05, 3.63) is 29.8 Å². The van der Waals surface area contributed by atoms with E-state index in [4.69, 9.17) is 5.73 Å². The summed E-state index contributed by atoms with van der Waals surface area (Å²) < 4.78 is 0. The number of rotatable bonds is 5. The van der Waals surface area contributed by atoms with Crippen molar-refractivity contribution in [2.24, 2.45) is 11.7 Å². The maximum absolute atomic E-state index is 5.73. The molecule has 2 N–H and O–H groups in total. The van der Waals surface area contributed by atoms with Crippen molar-refractivity contribution < 1.29 is 0 Å². The van der Waals surface area contributed by atoms with Gasteiger partial charge in [0.1, 0.15) is 0 Å². The molecule has 0 bridgehead atoms. The summed E-state index contributed by atoms with van der Waals surface area (Å²) >= 11 is 0. The van der Waals surface area contributed by atoms with E-state index in [1.807, 2.05) is 0 Å². The molecule has 0 spiro atoms. The minimum absolute atomic E-state index is 0.710. The standard InChI is InChI=1S/C17H28N2/c1-3-14-8-10-16(11-9-14)19(2)17-7-5-4-6-15(17)12-13-18/h4-7,14,16H,3,8-13,18H2,1-2H3. The molecule has 1 aliphatic carbocycles. The van der Waals surface area contributed by atoms with Crippen LogP contribution in [-0.4, -0.2) is 19.6 Å². The van der Waals surface area contributed by atoms with Gasteiger partial charge in [-0.3, -0.25) is 0 Å². The van der Waals surface area contributed by atoms with Crippen LogP contribution in [0, 0.1) is 5.92 Å². The van der Waals surface area contributed by atoms with Crippen LogP contribution < -0.4 is 10.6 Å². The van der Waals surface area contributed by atoms with Gasteiger partial charge in [0.05, 0.1) is 0 Å². The minimum Gasteiger partial charge on any atom is -0.371 e. The average molecular weight is 260 g/mol. The van der Waals surface area contributed by atoms with E-state index in [2.05, 4.69) is 43.1 Å². The molecule has 0 heterocycles. The zero-order chi connectivity index (χ0) is 13.7. The Labute approximate surface area is 118 Å². The molecular formula is C17H28N2. The summed E-state index contributed by atoms with van der Waals surface area (Å²) in [6.07, 6.45) is 7.79. The van der Waals surface area contributed by atoms with E-state index in [9.17, 15) is 0 Å². The molecule has 1 fully saturated rings. The fourth-order valence-electron chi connectivity index (χ4n) is 3.36. The van der Waals surface area contributed by atoms with Crippen molar-refractivity contribution in [2.45, 2.75) is 51.5 Å². The second kappa shape index (κ2) is 6.95. The molecule has 2 rings (SSSR count). The highest BCUT2D eigenvalue weighted by Crippen LogP contribution is 2.32. The van der Waals surface area contributed by atoms with Crippen LogP contribution in [-0.2, 0) is 6.42 Å². The highest BCUT2D eigenvalue weighted by molar-refractivity contribution is 5.54. The van der Waals surface area contributed by atoms with Crippen LogP contribution in [0.25, 0.3) is 0 Å². The fraction of sp³-hybridized carbons (Fsp3) is 0.647. The van der Waals surface area contributed by atoms with Gasteiger partial charge < -0.3 is 10.6 Å². The maximum Gasteiger partial charge on any atom is 0.0399 e. The van der Waals surface area contributed by atoms with Crippen LogP contribution in [0.2, 0.25) is 0 Å². The van der Waals surface area contributed by atoms with Gasteiger partial charge in [-0.25, -0.2) is 0 Å². The number of nitrogens with zero attached hydrogens (tertiary/aromatic N) is 1. The topological polar surface area (TPSA) is 29.3 Å². The summed E-state index contributed by atoms with van der Waals surface area (Å²) in [5, 5.41) is 0. The van der Waals surface area contributed by atoms with E-state index >= 15 is 0 Å². The Kier molecular flexibility index (Phi) is 5.26. The van der Waals surface area contributed by atoms with E-state index in [1.54, 1.807) is 0 Å². The number of para-hydroxylation sites is 1. The smallest absolute Gasteiger partial charge is 0.0399 e. The van der Waals surface area contributed by atoms with Crippen molar-refractivity contribution in [3.8, 4) is 0 Å². The van der Waals surface area contributed by atoms with Crippen molar-refractivity contribution in [2.75, 3.05) is 18.5 Å². The third-order valence-corrected chi connectivity index (χ3v) is 4.73. The largest absolute Gasteiger partial charge is 0.371 e. The van der Waals surface area contributed by atoms with Crippen LogP contribution in [0.15, 0.2) is 24.3 Å². The molecule has 0 aliphatic heterocycles. The number of nitrogens with two attached hydrogens (primary N) is 1. The van der Waals surface area contributed by atoms with E-state index in [0.717, 1.165) is 18.9 Å². The third kappa shape index (κ3) is 3.50. The summed E-state index contributed by atoms with van der Waals surface area (Å²) in [5.74, 6) is 0.962. The predicted octanol–water partition coefficient (Wildman–Crippen LogP) is 3.59.